The molecule has 0 aromatic heterocycles. The van der Waals surface area contributed by atoms with Crippen molar-refractivity contribution in [3.63, 3.8) is 0 Å². The van der Waals surface area contributed by atoms with E-state index in [1.54, 1.807) is 0 Å². The molecule has 44 heavy (non-hydrogen) atoms. The van der Waals surface area contributed by atoms with Crippen LogP contribution in [0, 0.1) is 0 Å². The molecule has 2 aromatic rings. The third-order valence-corrected chi connectivity index (χ3v) is 12.0. The predicted molar refractivity (Wildman–Crippen MR) is 181 cm³/mol. The zero-order valence-corrected chi connectivity index (χ0v) is 27.4. The van der Waals surface area contributed by atoms with E-state index in [1.807, 2.05) is 0 Å². The van der Waals surface area contributed by atoms with E-state index in [1.165, 1.54) is 103 Å². The lowest BCUT2D eigenvalue weighted by Gasteiger charge is -2.25. The molecule has 4 fully saturated rings. The Balaban J connectivity index is 1.44. The Morgan fingerprint density at radius 2 is 0.591 bits per heavy atom. The minimum absolute atomic E-state index is 0.0829. The molecular formula is C41H58O3. The minimum atomic E-state index is 0.0829. The van der Waals surface area contributed by atoms with Gasteiger partial charge in [0.25, 0.3) is 0 Å². The monoisotopic (exact) mass is 598 g/mol. The number of carbonyl (C=O) groups excluding carboxylic acids is 1. The van der Waals surface area contributed by atoms with Crippen molar-refractivity contribution in [1.82, 2.24) is 0 Å². The first-order chi connectivity index (χ1) is 21.6. The maximum Gasteiger partial charge on any atom is 0.193 e. The lowest BCUT2D eigenvalue weighted by Crippen LogP contribution is -2.11. The van der Waals surface area contributed by atoms with E-state index in [4.69, 9.17) is 0 Å². The van der Waals surface area contributed by atoms with Crippen LogP contribution >= 0.6 is 0 Å². The van der Waals surface area contributed by atoms with Crippen molar-refractivity contribution in [1.29, 1.82) is 0 Å². The minimum Gasteiger partial charge on any atom is -0.507 e. The van der Waals surface area contributed by atoms with Crippen LogP contribution in [-0.4, -0.2) is 16.0 Å². The summed E-state index contributed by atoms with van der Waals surface area (Å²) in [5, 5.41) is 23.7. The molecule has 0 unspecified atom stereocenters. The third kappa shape index (κ3) is 7.39. The van der Waals surface area contributed by atoms with E-state index >= 15 is 0 Å². The van der Waals surface area contributed by atoms with Gasteiger partial charge in [0.15, 0.2) is 5.78 Å². The summed E-state index contributed by atoms with van der Waals surface area (Å²) >= 11 is 0. The number of carbonyl (C=O) groups is 1. The highest BCUT2D eigenvalue weighted by Gasteiger charge is 2.29. The van der Waals surface area contributed by atoms with Gasteiger partial charge in [0, 0.05) is 11.1 Å². The van der Waals surface area contributed by atoms with E-state index < -0.39 is 0 Å². The zero-order chi connectivity index (χ0) is 30.3. The number of rotatable bonds is 6. The largest absolute Gasteiger partial charge is 0.507 e. The van der Waals surface area contributed by atoms with E-state index in [0.717, 1.165) is 84.7 Å². The Bertz CT molecular complexity index is 1050. The molecule has 4 aliphatic carbocycles. The fourth-order valence-electron chi connectivity index (χ4n) is 9.40. The van der Waals surface area contributed by atoms with Gasteiger partial charge in [-0.25, -0.2) is 0 Å². The van der Waals surface area contributed by atoms with Gasteiger partial charge >= 0.3 is 0 Å². The molecule has 2 N–H and O–H groups in total. The van der Waals surface area contributed by atoms with Crippen molar-refractivity contribution in [2.24, 2.45) is 0 Å². The molecule has 0 atom stereocenters. The lowest BCUT2D eigenvalue weighted by atomic mass is 9.80. The first-order valence-corrected chi connectivity index (χ1v) is 18.9. The van der Waals surface area contributed by atoms with Crippen molar-refractivity contribution in [3.05, 3.63) is 57.6 Å². The van der Waals surface area contributed by atoms with Crippen molar-refractivity contribution in [2.45, 2.75) is 178 Å². The van der Waals surface area contributed by atoms with Gasteiger partial charge < -0.3 is 10.2 Å². The van der Waals surface area contributed by atoms with Gasteiger partial charge in [-0.1, -0.05) is 103 Å². The molecule has 3 heteroatoms. The molecule has 0 heterocycles. The highest BCUT2D eigenvalue weighted by Crippen LogP contribution is 2.46. The van der Waals surface area contributed by atoms with Crippen LogP contribution in [0.3, 0.4) is 0 Å². The van der Waals surface area contributed by atoms with Crippen LogP contribution in [0.4, 0.5) is 0 Å². The van der Waals surface area contributed by atoms with Gasteiger partial charge in [-0.2, -0.15) is 0 Å². The molecule has 0 radical (unpaired) electrons. The van der Waals surface area contributed by atoms with Crippen LogP contribution in [0.25, 0.3) is 0 Å². The first kappa shape index (κ1) is 31.7. The summed E-state index contributed by atoms with van der Waals surface area (Å²) in [6.07, 6.45) is 28.6. The number of phenols is 2. The fraction of sp³-hybridized carbons (Fsp3) is 0.683. The second-order valence-corrected chi connectivity index (χ2v) is 15.1. The molecule has 0 saturated heterocycles. The average Bonchev–Trinajstić information content (AvgIpc) is 3.66. The summed E-state index contributed by atoms with van der Waals surface area (Å²) < 4.78 is 0. The number of hydrogen-bond acceptors (Lipinski definition) is 3. The Labute approximate surface area is 267 Å². The van der Waals surface area contributed by atoms with Crippen LogP contribution in [0.1, 0.15) is 216 Å². The number of hydrogen-bond donors (Lipinski definition) is 2. The zero-order valence-electron chi connectivity index (χ0n) is 27.4. The molecule has 0 spiro atoms. The van der Waals surface area contributed by atoms with Crippen molar-refractivity contribution in [3.8, 4) is 11.5 Å². The maximum atomic E-state index is 14.7. The summed E-state index contributed by atoms with van der Waals surface area (Å²) in [7, 11) is 0. The van der Waals surface area contributed by atoms with E-state index in [9.17, 15) is 15.0 Å². The van der Waals surface area contributed by atoms with Gasteiger partial charge in [-0.3, -0.25) is 4.79 Å². The molecule has 6 rings (SSSR count). The van der Waals surface area contributed by atoms with Crippen LogP contribution in [0.15, 0.2) is 24.3 Å². The molecule has 0 amide bonds. The molecule has 2 aromatic carbocycles. The SMILES string of the molecule is O=C(c1cc(C2CCCCCC2)c(O)c(C2CCCCCC2)c1)c1cc(C2CCCCCC2)c(O)c(C2CCCCCC2)c1. The van der Waals surface area contributed by atoms with Gasteiger partial charge in [0.2, 0.25) is 0 Å². The average molecular weight is 599 g/mol. The number of ketones is 1. The summed E-state index contributed by atoms with van der Waals surface area (Å²) in [6.45, 7) is 0. The fourth-order valence-corrected chi connectivity index (χ4v) is 9.40. The van der Waals surface area contributed by atoms with E-state index in [2.05, 4.69) is 24.3 Å². The lowest BCUT2D eigenvalue weighted by molar-refractivity contribution is 0.103. The van der Waals surface area contributed by atoms with Gasteiger partial charge in [0.05, 0.1) is 0 Å². The Kier molecular flexibility index (Phi) is 11.0. The van der Waals surface area contributed by atoms with Gasteiger partial charge in [-0.05, 0) is 122 Å². The highest BCUT2D eigenvalue weighted by atomic mass is 16.3. The molecule has 3 nitrogen and oxygen atoms in total. The number of phenolic OH excluding ortho intramolecular Hbond substituents is 2. The standard InChI is InChI=1S/C41H58O3/c42-39(33-25-35(29-17-9-1-2-10-18-29)40(43)36(26-33)30-19-11-3-4-12-20-30)34-27-37(31-21-13-5-6-14-22-31)41(44)38(28-34)32-23-15-7-8-16-24-32/h25-32,43-44H,1-24H2. The molecule has 0 aliphatic heterocycles. The molecule has 0 bridgehead atoms. The molecule has 4 aliphatic rings. The summed E-state index contributed by atoms with van der Waals surface area (Å²) in [5.74, 6) is 2.39. The second-order valence-electron chi connectivity index (χ2n) is 15.1. The predicted octanol–water partition coefficient (Wildman–Crippen LogP) is 12.1. The first-order valence-electron chi connectivity index (χ1n) is 18.9. The maximum absolute atomic E-state index is 14.7. The van der Waals surface area contributed by atoms with Crippen molar-refractivity contribution in [2.75, 3.05) is 0 Å². The Morgan fingerprint density at radius 1 is 0.386 bits per heavy atom. The van der Waals surface area contributed by atoms with Crippen LogP contribution < -0.4 is 0 Å². The van der Waals surface area contributed by atoms with Crippen LogP contribution in [-0.2, 0) is 0 Å². The molecule has 240 valence electrons. The summed E-state index contributed by atoms with van der Waals surface area (Å²) in [6, 6.07) is 8.32. The Morgan fingerprint density at radius 3 is 0.795 bits per heavy atom. The Hall–Kier alpha value is -2.29. The van der Waals surface area contributed by atoms with Crippen LogP contribution in [0.5, 0.6) is 11.5 Å². The van der Waals surface area contributed by atoms with Gasteiger partial charge in [0.1, 0.15) is 11.5 Å². The number of aromatic hydroxyl groups is 2. The smallest absolute Gasteiger partial charge is 0.193 e. The highest BCUT2D eigenvalue weighted by molar-refractivity contribution is 6.09. The van der Waals surface area contributed by atoms with Crippen molar-refractivity contribution < 1.29 is 15.0 Å². The molecular weight excluding hydrogens is 540 g/mol. The van der Waals surface area contributed by atoms with Crippen molar-refractivity contribution >= 4 is 5.78 Å². The van der Waals surface area contributed by atoms with Gasteiger partial charge in [-0.15, -0.1) is 0 Å². The quantitative estimate of drug-likeness (QED) is 0.257. The normalized spacial score (nSPS) is 22.5. The van der Waals surface area contributed by atoms with E-state index in [-0.39, 0.29) is 5.78 Å². The summed E-state index contributed by atoms with van der Waals surface area (Å²) in [5.41, 5.74) is 5.64. The number of benzene rings is 2. The second kappa shape index (κ2) is 15.3. The molecule has 4 saturated carbocycles. The van der Waals surface area contributed by atoms with E-state index in [0.29, 0.717) is 35.2 Å². The van der Waals surface area contributed by atoms with Crippen LogP contribution in [0.2, 0.25) is 0 Å². The topological polar surface area (TPSA) is 57.5 Å². The summed E-state index contributed by atoms with van der Waals surface area (Å²) in [4.78, 5) is 14.7. The third-order valence-electron chi connectivity index (χ3n) is 12.0.